The smallest absolute Gasteiger partial charge is 0.235 e. The van der Waals surface area contributed by atoms with Gasteiger partial charge in [-0.05, 0) is 19.5 Å². The van der Waals surface area contributed by atoms with Crippen molar-refractivity contribution >= 4 is 17.7 Å². The molecule has 0 bridgehead atoms. The van der Waals surface area contributed by atoms with E-state index in [1.165, 1.54) is 11.8 Å². The topological polar surface area (TPSA) is 80.9 Å². The molecule has 1 amide bonds. The van der Waals surface area contributed by atoms with Gasteiger partial charge in [-0.15, -0.1) is 0 Å². The first-order valence-electron chi connectivity index (χ1n) is 5.08. The third kappa shape index (κ3) is 4.16. The van der Waals surface area contributed by atoms with Crippen molar-refractivity contribution < 1.29 is 4.79 Å². The normalized spacial score (nSPS) is 12.4. The minimum atomic E-state index is -0.345. The van der Waals surface area contributed by atoms with Gasteiger partial charge in [-0.2, -0.15) is 0 Å². The molecule has 1 aromatic rings. The van der Waals surface area contributed by atoms with Crippen LogP contribution in [0.4, 0.5) is 0 Å². The first-order chi connectivity index (χ1) is 7.63. The van der Waals surface area contributed by atoms with Gasteiger partial charge < -0.3 is 11.1 Å². The van der Waals surface area contributed by atoms with Crippen molar-refractivity contribution in [2.75, 3.05) is 12.3 Å². The van der Waals surface area contributed by atoms with Crippen molar-refractivity contribution in [3.63, 3.8) is 0 Å². The highest BCUT2D eigenvalue weighted by Gasteiger charge is 2.14. The molecule has 6 heteroatoms. The van der Waals surface area contributed by atoms with E-state index in [4.69, 9.17) is 5.73 Å². The van der Waals surface area contributed by atoms with Gasteiger partial charge >= 0.3 is 0 Å². The summed E-state index contributed by atoms with van der Waals surface area (Å²) in [4.78, 5) is 19.4. The Balaban J connectivity index is 2.51. The van der Waals surface area contributed by atoms with Crippen LogP contribution < -0.4 is 11.1 Å². The highest BCUT2D eigenvalue weighted by molar-refractivity contribution is 7.99. The lowest BCUT2D eigenvalue weighted by molar-refractivity contribution is -0.119. The number of likely N-dealkylation sites (N-methyl/N-ethyl adjacent to an activating group) is 1. The Bertz CT molecular complexity index is 358. The molecule has 5 nitrogen and oxygen atoms in total. The van der Waals surface area contributed by atoms with Crippen LogP contribution in [-0.2, 0) is 4.79 Å². The van der Waals surface area contributed by atoms with Crippen LogP contribution in [0.2, 0.25) is 0 Å². The van der Waals surface area contributed by atoms with Crippen molar-refractivity contribution in [1.29, 1.82) is 0 Å². The molecular formula is C10H16N4OS. The Morgan fingerprint density at radius 2 is 2.44 bits per heavy atom. The van der Waals surface area contributed by atoms with Crippen LogP contribution in [0.3, 0.4) is 0 Å². The average molecular weight is 240 g/mol. The SMILES string of the molecule is CCNC(CSc1nccc(C)n1)C(N)=O. The summed E-state index contributed by atoms with van der Waals surface area (Å²) >= 11 is 1.43. The van der Waals surface area contributed by atoms with Crippen LogP contribution in [0.5, 0.6) is 0 Å². The second kappa shape index (κ2) is 6.44. The molecule has 0 aliphatic heterocycles. The van der Waals surface area contributed by atoms with Crippen LogP contribution in [0.25, 0.3) is 0 Å². The Kier molecular flexibility index (Phi) is 5.21. The maximum Gasteiger partial charge on any atom is 0.235 e. The molecule has 1 unspecified atom stereocenters. The molecule has 0 spiro atoms. The highest BCUT2D eigenvalue weighted by atomic mass is 32.2. The van der Waals surface area contributed by atoms with Gasteiger partial charge in [0, 0.05) is 17.6 Å². The number of carbonyl (C=O) groups is 1. The molecule has 1 aromatic heterocycles. The monoisotopic (exact) mass is 240 g/mol. The van der Waals surface area contributed by atoms with E-state index >= 15 is 0 Å². The van der Waals surface area contributed by atoms with E-state index in [9.17, 15) is 4.79 Å². The molecule has 0 fully saturated rings. The zero-order chi connectivity index (χ0) is 12.0. The third-order valence-corrected chi connectivity index (χ3v) is 2.90. The number of thioether (sulfide) groups is 1. The molecule has 0 aliphatic carbocycles. The lowest BCUT2D eigenvalue weighted by atomic mass is 10.3. The van der Waals surface area contributed by atoms with Gasteiger partial charge in [0.25, 0.3) is 0 Å². The number of carbonyl (C=O) groups excluding carboxylic acids is 1. The Morgan fingerprint density at radius 1 is 1.69 bits per heavy atom. The lowest BCUT2D eigenvalue weighted by Crippen LogP contribution is -2.43. The molecule has 0 saturated carbocycles. The van der Waals surface area contributed by atoms with Crippen molar-refractivity contribution in [3.8, 4) is 0 Å². The predicted octanol–water partition coefficient (Wildman–Crippen LogP) is 0.341. The number of primary amides is 1. The molecule has 1 rings (SSSR count). The standard InChI is InChI=1S/C10H16N4OS/c1-3-12-8(9(11)15)6-16-10-13-5-4-7(2)14-10/h4-5,8,12H,3,6H2,1-2H3,(H2,11,15). The van der Waals surface area contributed by atoms with Gasteiger partial charge in [-0.1, -0.05) is 18.7 Å². The number of nitrogens with two attached hydrogens (primary N) is 1. The van der Waals surface area contributed by atoms with E-state index in [2.05, 4.69) is 15.3 Å². The summed E-state index contributed by atoms with van der Waals surface area (Å²) in [6, 6.07) is 1.50. The summed E-state index contributed by atoms with van der Waals surface area (Å²) in [6.07, 6.45) is 1.71. The molecule has 0 aliphatic rings. The Morgan fingerprint density at radius 3 is 3.00 bits per heavy atom. The predicted molar refractivity (Wildman–Crippen MR) is 64.2 cm³/mol. The molecule has 1 atom stereocenters. The maximum atomic E-state index is 11.1. The fraction of sp³-hybridized carbons (Fsp3) is 0.500. The minimum Gasteiger partial charge on any atom is -0.368 e. The number of amides is 1. The van der Waals surface area contributed by atoms with Crippen LogP contribution >= 0.6 is 11.8 Å². The molecule has 0 radical (unpaired) electrons. The second-order valence-electron chi connectivity index (χ2n) is 3.30. The van der Waals surface area contributed by atoms with Gasteiger partial charge in [0.2, 0.25) is 5.91 Å². The van der Waals surface area contributed by atoms with Crippen molar-refractivity contribution in [2.45, 2.75) is 25.0 Å². The van der Waals surface area contributed by atoms with Gasteiger partial charge in [0.15, 0.2) is 5.16 Å². The fourth-order valence-electron chi connectivity index (χ4n) is 1.14. The number of rotatable bonds is 6. The van der Waals surface area contributed by atoms with Crippen LogP contribution in [-0.4, -0.2) is 34.2 Å². The Labute approximate surface area is 99.2 Å². The molecule has 0 saturated heterocycles. The first-order valence-corrected chi connectivity index (χ1v) is 6.07. The summed E-state index contributed by atoms with van der Waals surface area (Å²) in [7, 11) is 0. The molecule has 1 heterocycles. The lowest BCUT2D eigenvalue weighted by Gasteiger charge is -2.12. The summed E-state index contributed by atoms with van der Waals surface area (Å²) in [5.74, 6) is 0.203. The van der Waals surface area contributed by atoms with E-state index < -0.39 is 0 Å². The van der Waals surface area contributed by atoms with Crippen molar-refractivity contribution in [3.05, 3.63) is 18.0 Å². The largest absolute Gasteiger partial charge is 0.368 e. The van der Waals surface area contributed by atoms with Crippen molar-refractivity contribution in [1.82, 2.24) is 15.3 Å². The molecule has 0 aromatic carbocycles. The van der Waals surface area contributed by atoms with E-state index in [0.29, 0.717) is 17.5 Å². The van der Waals surface area contributed by atoms with E-state index in [1.807, 2.05) is 19.9 Å². The van der Waals surface area contributed by atoms with Crippen LogP contribution in [0.15, 0.2) is 17.4 Å². The first kappa shape index (κ1) is 12.9. The van der Waals surface area contributed by atoms with Crippen LogP contribution in [0, 0.1) is 6.92 Å². The number of hydrogen-bond donors (Lipinski definition) is 2. The second-order valence-corrected chi connectivity index (χ2v) is 4.29. The molecule has 3 N–H and O–H groups in total. The van der Waals surface area contributed by atoms with Gasteiger partial charge in [-0.3, -0.25) is 4.79 Å². The summed E-state index contributed by atoms with van der Waals surface area (Å²) in [6.45, 7) is 4.55. The number of aryl methyl sites for hydroxylation is 1. The van der Waals surface area contributed by atoms with Gasteiger partial charge in [-0.25, -0.2) is 9.97 Å². The number of nitrogens with zero attached hydrogens (tertiary/aromatic N) is 2. The summed E-state index contributed by atoms with van der Waals surface area (Å²) in [5.41, 5.74) is 6.17. The van der Waals surface area contributed by atoms with E-state index in [0.717, 1.165) is 5.69 Å². The van der Waals surface area contributed by atoms with Gasteiger partial charge in [0.05, 0.1) is 6.04 Å². The minimum absolute atomic E-state index is 0.334. The number of nitrogens with one attached hydrogen (secondary N) is 1. The van der Waals surface area contributed by atoms with Crippen molar-refractivity contribution in [2.24, 2.45) is 5.73 Å². The fourth-order valence-corrected chi connectivity index (χ4v) is 2.08. The number of hydrogen-bond acceptors (Lipinski definition) is 5. The highest BCUT2D eigenvalue weighted by Crippen LogP contribution is 2.13. The zero-order valence-corrected chi connectivity index (χ0v) is 10.3. The molecular weight excluding hydrogens is 224 g/mol. The zero-order valence-electron chi connectivity index (χ0n) is 9.43. The maximum absolute atomic E-state index is 11.1. The summed E-state index contributed by atoms with van der Waals surface area (Å²) in [5, 5.41) is 3.69. The number of aromatic nitrogens is 2. The molecule has 16 heavy (non-hydrogen) atoms. The third-order valence-electron chi connectivity index (χ3n) is 1.95. The Hall–Kier alpha value is -1.14. The van der Waals surface area contributed by atoms with Crippen LogP contribution in [0.1, 0.15) is 12.6 Å². The average Bonchev–Trinajstić information content (AvgIpc) is 2.24. The van der Waals surface area contributed by atoms with Gasteiger partial charge in [0.1, 0.15) is 0 Å². The molecule has 88 valence electrons. The van der Waals surface area contributed by atoms with E-state index in [1.54, 1.807) is 6.20 Å². The summed E-state index contributed by atoms with van der Waals surface area (Å²) < 4.78 is 0. The van der Waals surface area contributed by atoms with E-state index in [-0.39, 0.29) is 11.9 Å². The quantitative estimate of drug-likeness (QED) is 0.553.